The smallest absolute Gasteiger partial charge is 0.255 e. The second-order valence-corrected chi connectivity index (χ2v) is 10.2. The van der Waals surface area contributed by atoms with Crippen LogP contribution in [0.1, 0.15) is 68.6 Å². The molecule has 1 N–H and O–H groups in total. The molecule has 6 heteroatoms. The van der Waals surface area contributed by atoms with Gasteiger partial charge < -0.3 is 15.0 Å². The highest BCUT2D eigenvalue weighted by Gasteiger charge is 2.37. The molecule has 3 heterocycles. The Morgan fingerprint density at radius 3 is 2.72 bits per heavy atom. The number of rotatable bonds is 2. The highest BCUT2D eigenvalue weighted by atomic mass is 16.5. The van der Waals surface area contributed by atoms with E-state index in [0.717, 1.165) is 70.6 Å². The van der Waals surface area contributed by atoms with Gasteiger partial charge in [0.05, 0.1) is 18.7 Å². The summed E-state index contributed by atoms with van der Waals surface area (Å²) in [6.07, 6.45) is 8.70. The molecule has 6 nitrogen and oxygen atoms in total. The van der Waals surface area contributed by atoms with Gasteiger partial charge in [-0.05, 0) is 69.7 Å². The Hall–Kier alpha value is -2.08. The Morgan fingerprint density at radius 2 is 1.88 bits per heavy atom. The van der Waals surface area contributed by atoms with E-state index in [4.69, 9.17) is 4.74 Å². The Bertz CT molecular complexity index is 790. The van der Waals surface area contributed by atoms with E-state index < -0.39 is 0 Å². The number of nitrogens with zero attached hydrogens (tertiary/aromatic N) is 2. The van der Waals surface area contributed by atoms with Crippen molar-refractivity contribution in [3.05, 3.63) is 29.8 Å². The summed E-state index contributed by atoms with van der Waals surface area (Å²) in [5.74, 6) is 1.62. The Labute approximate surface area is 192 Å². The molecule has 2 fully saturated rings. The maximum Gasteiger partial charge on any atom is 0.255 e. The van der Waals surface area contributed by atoms with Crippen LogP contribution in [0.2, 0.25) is 0 Å². The molecule has 2 saturated heterocycles. The topological polar surface area (TPSA) is 61.9 Å². The van der Waals surface area contributed by atoms with Gasteiger partial charge in [-0.25, -0.2) is 0 Å². The van der Waals surface area contributed by atoms with E-state index in [9.17, 15) is 9.59 Å². The van der Waals surface area contributed by atoms with E-state index >= 15 is 0 Å². The lowest BCUT2D eigenvalue weighted by Crippen LogP contribution is -2.53. The molecule has 0 saturated carbocycles. The van der Waals surface area contributed by atoms with Crippen molar-refractivity contribution in [2.24, 2.45) is 11.3 Å². The first-order valence-electron chi connectivity index (χ1n) is 12.5. The lowest BCUT2D eigenvalue weighted by atomic mass is 9.75. The predicted molar refractivity (Wildman–Crippen MR) is 126 cm³/mol. The molecular weight excluding hydrogens is 402 g/mol. The molecule has 0 radical (unpaired) electrons. The van der Waals surface area contributed by atoms with Crippen molar-refractivity contribution in [3.63, 3.8) is 0 Å². The van der Waals surface area contributed by atoms with Crippen molar-refractivity contribution >= 4 is 11.8 Å². The lowest BCUT2D eigenvalue weighted by molar-refractivity contribution is -0.136. The second-order valence-electron chi connectivity index (χ2n) is 10.2. The van der Waals surface area contributed by atoms with Crippen molar-refractivity contribution in [1.29, 1.82) is 0 Å². The fourth-order valence-electron chi connectivity index (χ4n) is 5.47. The van der Waals surface area contributed by atoms with Gasteiger partial charge in [0.1, 0.15) is 5.75 Å². The number of hydrogen-bond acceptors (Lipinski definition) is 4. The summed E-state index contributed by atoms with van der Waals surface area (Å²) < 4.78 is 5.88. The molecule has 1 unspecified atom stereocenters. The lowest BCUT2D eigenvalue weighted by Gasteiger charge is -2.44. The summed E-state index contributed by atoms with van der Waals surface area (Å²) in [5, 5.41) is 3.20. The van der Waals surface area contributed by atoms with Gasteiger partial charge in [-0.2, -0.15) is 0 Å². The fraction of sp³-hybridized carbons (Fsp3) is 0.692. The summed E-state index contributed by atoms with van der Waals surface area (Å²) in [6, 6.07) is 7.50. The Kier molecular flexibility index (Phi) is 7.71. The van der Waals surface area contributed by atoms with Crippen LogP contribution in [0.3, 0.4) is 0 Å². The average Bonchev–Trinajstić information content (AvgIpc) is 2.81. The van der Waals surface area contributed by atoms with Crippen LogP contribution in [0.5, 0.6) is 5.75 Å². The number of para-hydroxylation sites is 1. The molecule has 3 aliphatic rings. The first-order chi connectivity index (χ1) is 15.5. The van der Waals surface area contributed by atoms with Crippen LogP contribution >= 0.6 is 0 Å². The standard InChI is InChI=1S/C26H39N3O3/c1-21-10-15-28(16-11-21)18-24(30)29-14-7-13-26(20-29)12-5-2-6-17-32-23-9-4-3-8-22(23)25(31)27-19-26/h3-4,8-9,21H,2,5-7,10-20H2,1H3,(H,27,31). The van der Waals surface area contributed by atoms with E-state index in [1.54, 1.807) is 0 Å². The summed E-state index contributed by atoms with van der Waals surface area (Å²) in [5.41, 5.74) is 0.570. The van der Waals surface area contributed by atoms with Crippen LogP contribution in [0.4, 0.5) is 0 Å². The maximum atomic E-state index is 13.2. The van der Waals surface area contributed by atoms with Crippen molar-refractivity contribution < 1.29 is 14.3 Å². The third-order valence-corrected chi connectivity index (χ3v) is 7.61. The largest absolute Gasteiger partial charge is 0.493 e. The molecule has 1 atom stereocenters. The summed E-state index contributed by atoms with van der Waals surface area (Å²) >= 11 is 0. The minimum absolute atomic E-state index is 0.0328. The molecule has 32 heavy (non-hydrogen) atoms. The van der Waals surface area contributed by atoms with Crippen LogP contribution < -0.4 is 10.1 Å². The SMILES string of the molecule is CC1CCN(CC(=O)N2CCCC3(CCCCCOc4ccccc4C(=O)NC3)C2)CC1. The summed E-state index contributed by atoms with van der Waals surface area (Å²) in [4.78, 5) is 30.5. The van der Waals surface area contributed by atoms with Crippen molar-refractivity contribution in [1.82, 2.24) is 15.1 Å². The monoisotopic (exact) mass is 441 g/mol. The van der Waals surface area contributed by atoms with Crippen LogP contribution in [0, 0.1) is 11.3 Å². The number of carbonyl (C=O) groups excluding carboxylic acids is 2. The molecule has 0 bridgehead atoms. The molecule has 2 amide bonds. The van der Waals surface area contributed by atoms with Crippen molar-refractivity contribution in [2.45, 2.75) is 58.3 Å². The van der Waals surface area contributed by atoms with E-state index in [-0.39, 0.29) is 17.2 Å². The number of amides is 2. The summed E-state index contributed by atoms with van der Waals surface area (Å²) in [6.45, 7) is 7.76. The molecule has 0 aromatic heterocycles. The first kappa shape index (κ1) is 23.1. The van der Waals surface area contributed by atoms with E-state index in [1.807, 2.05) is 24.3 Å². The zero-order valence-corrected chi connectivity index (χ0v) is 19.6. The molecule has 0 aliphatic carbocycles. The number of ether oxygens (including phenoxy) is 1. The molecule has 176 valence electrons. The number of likely N-dealkylation sites (tertiary alicyclic amines) is 2. The normalized spacial score (nSPS) is 26.4. The Balaban J connectivity index is 1.42. The third-order valence-electron chi connectivity index (χ3n) is 7.61. The number of nitrogens with one attached hydrogen (secondary N) is 1. The average molecular weight is 442 g/mol. The number of hydrogen-bond donors (Lipinski definition) is 1. The van der Waals surface area contributed by atoms with E-state index in [2.05, 4.69) is 22.0 Å². The number of piperidine rings is 2. The minimum atomic E-state index is -0.0774. The van der Waals surface area contributed by atoms with Gasteiger partial charge in [-0.15, -0.1) is 0 Å². The van der Waals surface area contributed by atoms with Crippen LogP contribution in [-0.2, 0) is 4.79 Å². The van der Waals surface area contributed by atoms with Crippen molar-refractivity contribution in [3.8, 4) is 5.75 Å². The molecular formula is C26H39N3O3. The van der Waals surface area contributed by atoms with E-state index in [1.165, 1.54) is 12.8 Å². The fourth-order valence-corrected chi connectivity index (χ4v) is 5.47. The third kappa shape index (κ3) is 5.83. The molecule has 1 spiro atoms. The number of benzene rings is 1. The Morgan fingerprint density at radius 1 is 1.09 bits per heavy atom. The number of carbonyl (C=O) groups is 2. The van der Waals surface area contributed by atoms with E-state index in [0.29, 0.717) is 31.0 Å². The molecule has 1 aromatic rings. The molecule has 3 aliphatic heterocycles. The zero-order valence-electron chi connectivity index (χ0n) is 19.6. The maximum absolute atomic E-state index is 13.2. The van der Waals surface area contributed by atoms with Crippen LogP contribution in [0.15, 0.2) is 24.3 Å². The zero-order chi connectivity index (χ0) is 22.4. The number of fused-ring (bicyclic) bond motifs is 1. The first-order valence-corrected chi connectivity index (χ1v) is 12.5. The molecule has 4 rings (SSSR count). The van der Waals surface area contributed by atoms with Gasteiger partial charge in [0.2, 0.25) is 5.91 Å². The molecule has 1 aromatic carbocycles. The van der Waals surface area contributed by atoms with Gasteiger partial charge in [-0.3, -0.25) is 14.5 Å². The van der Waals surface area contributed by atoms with Crippen LogP contribution in [-0.4, -0.2) is 67.5 Å². The van der Waals surface area contributed by atoms with Gasteiger partial charge in [-0.1, -0.05) is 31.9 Å². The van der Waals surface area contributed by atoms with Crippen molar-refractivity contribution in [2.75, 3.05) is 45.9 Å². The van der Waals surface area contributed by atoms with Gasteiger partial charge >= 0.3 is 0 Å². The summed E-state index contributed by atoms with van der Waals surface area (Å²) in [7, 11) is 0. The van der Waals surface area contributed by atoms with Gasteiger partial charge in [0.25, 0.3) is 5.91 Å². The second kappa shape index (κ2) is 10.7. The highest BCUT2D eigenvalue weighted by Crippen LogP contribution is 2.35. The quantitative estimate of drug-likeness (QED) is 0.760. The highest BCUT2D eigenvalue weighted by molar-refractivity contribution is 5.96. The minimum Gasteiger partial charge on any atom is -0.493 e. The van der Waals surface area contributed by atoms with Gasteiger partial charge in [0.15, 0.2) is 0 Å². The predicted octanol–water partition coefficient (Wildman–Crippen LogP) is 3.71. The van der Waals surface area contributed by atoms with Crippen LogP contribution in [0.25, 0.3) is 0 Å². The van der Waals surface area contributed by atoms with Gasteiger partial charge in [0, 0.05) is 25.0 Å².